The highest BCUT2D eigenvalue weighted by Crippen LogP contribution is 2.48. The topological polar surface area (TPSA) is 23.4 Å². The van der Waals surface area contributed by atoms with Crippen LogP contribution < -0.4 is 9.47 Å². The molecule has 0 amide bonds. The summed E-state index contributed by atoms with van der Waals surface area (Å²) in [5, 5.41) is 2.37. The Balaban J connectivity index is 1.74. The van der Waals surface area contributed by atoms with Crippen LogP contribution in [0.15, 0.2) is 91.2 Å². The fourth-order valence-corrected chi connectivity index (χ4v) is 4.24. The molecule has 3 aromatic carbocycles. The number of nitrogens with zero attached hydrogens (tertiary/aromatic N) is 1. The Morgan fingerprint density at radius 3 is 2.57 bits per heavy atom. The van der Waals surface area contributed by atoms with Gasteiger partial charge in [0.15, 0.2) is 11.5 Å². The van der Waals surface area contributed by atoms with Crippen LogP contribution in [0.5, 0.6) is 11.5 Å². The lowest BCUT2D eigenvalue weighted by molar-refractivity contribution is 0.346. The zero-order valence-electron chi connectivity index (χ0n) is 15.2. The zero-order chi connectivity index (χ0) is 18.7. The van der Waals surface area contributed by atoms with Crippen LogP contribution in [0, 0.1) is 0 Å². The van der Waals surface area contributed by atoms with Crippen molar-refractivity contribution in [3.05, 3.63) is 91.2 Å². The van der Waals surface area contributed by atoms with Gasteiger partial charge in [-0.3, -0.25) is 4.57 Å². The number of rotatable bonds is 3. The van der Waals surface area contributed by atoms with E-state index in [1.54, 1.807) is 6.08 Å². The monoisotopic (exact) mass is 363 g/mol. The minimum absolute atomic E-state index is 0.468. The number of para-hydroxylation sites is 1. The number of hydrogen-bond donors (Lipinski definition) is 0. The molecule has 0 atom stereocenters. The predicted octanol–water partition coefficient (Wildman–Crippen LogP) is 6.16. The van der Waals surface area contributed by atoms with E-state index in [4.69, 9.17) is 9.47 Å². The van der Waals surface area contributed by atoms with Gasteiger partial charge in [0.25, 0.3) is 0 Å². The summed E-state index contributed by atoms with van der Waals surface area (Å²) in [5.41, 5.74) is 5.58. The minimum Gasteiger partial charge on any atom is -0.485 e. The molecule has 3 heteroatoms. The first-order valence-electron chi connectivity index (χ1n) is 9.35. The van der Waals surface area contributed by atoms with Crippen molar-refractivity contribution >= 4 is 27.5 Å². The van der Waals surface area contributed by atoms with E-state index < -0.39 is 0 Å². The Morgan fingerprint density at radius 2 is 1.71 bits per heavy atom. The van der Waals surface area contributed by atoms with Crippen LogP contribution in [0.3, 0.4) is 0 Å². The van der Waals surface area contributed by atoms with Crippen LogP contribution in [-0.2, 0) is 0 Å². The lowest BCUT2D eigenvalue weighted by atomic mass is 10.0. The lowest BCUT2D eigenvalue weighted by Gasteiger charge is -2.27. The molecule has 2 aliphatic rings. The molecule has 2 aliphatic heterocycles. The number of allylic oxidation sites excluding steroid dienone is 3. The summed E-state index contributed by atoms with van der Waals surface area (Å²) < 4.78 is 14.7. The number of aromatic nitrogens is 1. The molecule has 6 rings (SSSR count). The summed E-state index contributed by atoms with van der Waals surface area (Å²) in [6.45, 7) is 4.23. The summed E-state index contributed by atoms with van der Waals surface area (Å²) in [4.78, 5) is 0. The number of fused-ring (bicyclic) bond motifs is 1. The number of hydrogen-bond acceptors (Lipinski definition) is 2. The molecule has 0 radical (unpaired) electrons. The largest absolute Gasteiger partial charge is 0.485 e. The molecule has 134 valence electrons. The molecule has 1 aromatic heterocycles. The van der Waals surface area contributed by atoms with Crippen molar-refractivity contribution in [2.75, 3.05) is 6.61 Å². The second-order valence-electron chi connectivity index (χ2n) is 7.02. The quantitative estimate of drug-likeness (QED) is 0.407. The van der Waals surface area contributed by atoms with Gasteiger partial charge >= 0.3 is 0 Å². The number of benzene rings is 3. The van der Waals surface area contributed by atoms with Gasteiger partial charge in [-0.1, -0.05) is 61.2 Å². The van der Waals surface area contributed by atoms with Crippen molar-refractivity contribution in [2.24, 2.45) is 0 Å². The molecule has 0 fully saturated rings. The van der Waals surface area contributed by atoms with Crippen LogP contribution in [0.1, 0.15) is 0 Å². The maximum Gasteiger partial charge on any atom is 0.152 e. The first-order valence-corrected chi connectivity index (χ1v) is 9.35. The van der Waals surface area contributed by atoms with Gasteiger partial charge in [0.1, 0.15) is 18.1 Å². The maximum absolute atomic E-state index is 6.23. The van der Waals surface area contributed by atoms with Crippen molar-refractivity contribution in [1.29, 1.82) is 0 Å². The molecule has 3 nitrogen and oxygen atoms in total. The summed E-state index contributed by atoms with van der Waals surface area (Å²) in [6.07, 6.45) is 5.59. The van der Waals surface area contributed by atoms with E-state index >= 15 is 0 Å². The molecule has 28 heavy (non-hydrogen) atoms. The van der Waals surface area contributed by atoms with Crippen LogP contribution in [0.25, 0.3) is 38.6 Å². The highest BCUT2D eigenvalue weighted by molar-refractivity contribution is 6.16. The Hall–Kier alpha value is -3.72. The Morgan fingerprint density at radius 1 is 0.857 bits per heavy atom. The van der Waals surface area contributed by atoms with E-state index in [-0.39, 0.29) is 0 Å². The highest BCUT2D eigenvalue weighted by Gasteiger charge is 2.30. The standard InChI is InChI=1S/C25H17NO2/c1-2-3-11-21-20-15-27-23-14-17(16-8-5-4-6-9-16)13-19-18-10-7-12-22(28-21)24(18)26(20)25(19)23/h2-14H,1,15H2/b11-3-. The fraction of sp³-hybridized carbons (Fsp3) is 0.0400. The fourth-order valence-electron chi connectivity index (χ4n) is 4.24. The smallest absolute Gasteiger partial charge is 0.152 e. The zero-order valence-corrected chi connectivity index (χ0v) is 15.2. The molecule has 0 saturated carbocycles. The highest BCUT2D eigenvalue weighted by atomic mass is 16.5. The van der Waals surface area contributed by atoms with Gasteiger partial charge in [-0.25, -0.2) is 0 Å². The Labute approximate surface area is 162 Å². The van der Waals surface area contributed by atoms with E-state index in [9.17, 15) is 0 Å². The summed E-state index contributed by atoms with van der Waals surface area (Å²) in [7, 11) is 0. The molecular formula is C25H17NO2. The minimum atomic E-state index is 0.468. The SMILES string of the molecule is C=C/C=C\C1=C2COc3cc(-c4ccccc4)cc4c5cccc(c5n2c34)O1. The first-order chi connectivity index (χ1) is 13.8. The van der Waals surface area contributed by atoms with Crippen LogP contribution in [0.4, 0.5) is 0 Å². The van der Waals surface area contributed by atoms with Gasteiger partial charge in [0.05, 0.1) is 11.0 Å². The lowest BCUT2D eigenvalue weighted by Crippen LogP contribution is -2.19. The summed E-state index contributed by atoms with van der Waals surface area (Å²) in [6, 6.07) is 21.1. The van der Waals surface area contributed by atoms with Crippen molar-refractivity contribution in [3.8, 4) is 22.6 Å². The van der Waals surface area contributed by atoms with Crippen LogP contribution in [-0.4, -0.2) is 11.2 Å². The molecular weight excluding hydrogens is 346 g/mol. The first kappa shape index (κ1) is 15.3. The van der Waals surface area contributed by atoms with Gasteiger partial charge in [-0.05, 0) is 35.4 Å². The van der Waals surface area contributed by atoms with E-state index in [0.29, 0.717) is 6.61 Å². The number of ether oxygens (including phenoxy) is 2. The molecule has 0 aliphatic carbocycles. The van der Waals surface area contributed by atoms with Crippen molar-refractivity contribution < 1.29 is 9.47 Å². The third-order valence-electron chi connectivity index (χ3n) is 5.44. The van der Waals surface area contributed by atoms with Gasteiger partial charge < -0.3 is 9.47 Å². The van der Waals surface area contributed by atoms with E-state index in [2.05, 4.69) is 59.7 Å². The van der Waals surface area contributed by atoms with Crippen molar-refractivity contribution in [1.82, 2.24) is 4.57 Å². The molecule has 4 aromatic rings. The van der Waals surface area contributed by atoms with Gasteiger partial charge in [-0.2, -0.15) is 0 Å². The van der Waals surface area contributed by atoms with Gasteiger partial charge in [0.2, 0.25) is 0 Å². The third-order valence-corrected chi connectivity index (χ3v) is 5.44. The second-order valence-corrected chi connectivity index (χ2v) is 7.02. The predicted molar refractivity (Wildman–Crippen MR) is 114 cm³/mol. The molecule has 0 unspecified atom stereocenters. The molecule has 0 spiro atoms. The maximum atomic E-state index is 6.23. The third kappa shape index (κ3) is 1.99. The van der Waals surface area contributed by atoms with E-state index in [1.807, 2.05) is 24.3 Å². The van der Waals surface area contributed by atoms with Crippen LogP contribution in [0.2, 0.25) is 0 Å². The molecule has 0 bridgehead atoms. The summed E-state index contributed by atoms with van der Waals surface area (Å²) >= 11 is 0. The molecule has 0 N–H and O–H groups in total. The van der Waals surface area contributed by atoms with Crippen molar-refractivity contribution in [2.45, 2.75) is 0 Å². The van der Waals surface area contributed by atoms with E-state index in [0.717, 1.165) is 39.6 Å². The van der Waals surface area contributed by atoms with Gasteiger partial charge in [-0.15, -0.1) is 0 Å². The summed E-state index contributed by atoms with van der Waals surface area (Å²) in [5.74, 6) is 2.58. The Bertz CT molecular complexity index is 1340. The molecule has 3 heterocycles. The van der Waals surface area contributed by atoms with Crippen LogP contribution >= 0.6 is 0 Å². The van der Waals surface area contributed by atoms with E-state index in [1.165, 1.54) is 16.3 Å². The Kier molecular flexibility index (Phi) is 3.09. The second kappa shape index (κ2) is 5.64. The average molecular weight is 363 g/mol. The van der Waals surface area contributed by atoms with Gasteiger partial charge in [0, 0.05) is 10.8 Å². The molecule has 0 saturated heterocycles. The van der Waals surface area contributed by atoms with Crippen molar-refractivity contribution in [3.63, 3.8) is 0 Å². The normalized spacial score (nSPS) is 14.7. The average Bonchev–Trinajstić information content (AvgIpc) is 3.09.